The summed E-state index contributed by atoms with van der Waals surface area (Å²) in [6.07, 6.45) is 0.664. The maximum atomic E-state index is 13.4. The number of hydrogen-bond acceptors (Lipinski definition) is 5. The van der Waals surface area contributed by atoms with Gasteiger partial charge in [0.25, 0.3) is 11.8 Å². The Labute approximate surface area is 177 Å². The quantitative estimate of drug-likeness (QED) is 0.699. The Morgan fingerprint density at radius 2 is 1.42 bits per heavy atom. The number of anilines is 2. The number of carbonyl (C=O) groups excluding carboxylic acids is 2. The van der Waals surface area contributed by atoms with Crippen LogP contribution in [-0.4, -0.2) is 58.5 Å². The van der Waals surface area contributed by atoms with Crippen molar-refractivity contribution in [1.82, 2.24) is 9.80 Å². The molecule has 1 saturated heterocycles. The monoisotopic (exact) mass is 428 g/mol. The van der Waals surface area contributed by atoms with E-state index in [9.17, 15) is 23.5 Å². The van der Waals surface area contributed by atoms with Crippen LogP contribution in [0, 0.1) is 11.6 Å². The summed E-state index contributed by atoms with van der Waals surface area (Å²) in [6, 6.07) is 9.24. The summed E-state index contributed by atoms with van der Waals surface area (Å²) in [5.74, 6) is -2.18. The molecule has 1 saturated carbocycles. The molecule has 0 spiro atoms. The number of aliphatic hydroxyl groups is 1. The Morgan fingerprint density at radius 3 is 1.94 bits per heavy atom. The molecule has 5 rings (SSSR count). The highest BCUT2D eigenvalue weighted by Crippen LogP contribution is 2.38. The fourth-order valence-corrected chi connectivity index (χ4v) is 4.04. The third-order valence-corrected chi connectivity index (χ3v) is 6.13. The van der Waals surface area contributed by atoms with E-state index in [2.05, 4.69) is 10.6 Å². The SMILES string of the molecule is O=C(c1ccc(C2Nc3cc(F)c(F)cc3N2)cc1)N1CCN(C(=O)C2(O)CC2)CC1. The van der Waals surface area contributed by atoms with Crippen LogP contribution in [0.3, 0.4) is 0 Å². The van der Waals surface area contributed by atoms with E-state index in [1.165, 1.54) is 0 Å². The minimum atomic E-state index is -1.18. The van der Waals surface area contributed by atoms with Crippen LogP contribution < -0.4 is 10.6 Å². The second-order valence-electron chi connectivity index (χ2n) is 8.27. The first-order valence-corrected chi connectivity index (χ1v) is 10.3. The summed E-state index contributed by atoms with van der Waals surface area (Å²) in [5, 5.41) is 16.2. The number of halogens is 2. The molecule has 2 aromatic carbocycles. The molecule has 0 bridgehead atoms. The van der Waals surface area contributed by atoms with Crippen molar-refractivity contribution in [3.63, 3.8) is 0 Å². The molecule has 2 heterocycles. The minimum Gasteiger partial charge on any atom is -0.380 e. The molecular formula is C22H22F2N4O3. The highest BCUT2D eigenvalue weighted by molar-refractivity contribution is 5.94. The normalized spacial score (nSPS) is 19.5. The van der Waals surface area contributed by atoms with E-state index in [0.717, 1.165) is 17.7 Å². The number of amides is 2. The van der Waals surface area contributed by atoms with Gasteiger partial charge in [-0.05, 0) is 30.5 Å². The number of nitrogens with one attached hydrogen (secondary N) is 2. The molecule has 2 aliphatic heterocycles. The standard InChI is InChI=1S/C22H22F2N4O3/c23-15-11-17-18(12-16(15)24)26-19(25-17)13-1-3-14(4-2-13)20(29)27-7-9-28(10-8-27)21(30)22(31)5-6-22/h1-4,11-12,19,25-26,31H,5-10H2. The zero-order valence-corrected chi connectivity index (χ0v) is 16.7. The average molecular weight is 428 g/mol. The topological polar surface area (TPSA) is 84.9 Å². The largest absolute Gasteiger partial charge is 0.380 e. The Morgan fingerprint density at radius 1 is 0.903 bits per heavy atom. The molecule has 31 heavy (non-hydrogen) atoms. The zero-order chi connectivity index (χ0) is 21.8. The van der Waals surface area contributed by atoms with Gasteiger partial charge in [-0.15, -0.1) is 0 Å². The van der Waals surface area contributed by atoms with Crippen molar-refractivity contribution in [2.75, 3.05) is 36.8 Å². The van der Waals surface area contributed by atoms with Crippen LogP contribution in [0.4, 0.5) is 20.2 Å². The molecule has 0 unspecified atom stereocenters. The van der Waals surface area contributed by atoms with Crippen LogP contribution in [0.2, 0.25) is 0 Å². The van der Waals surface area contributed by atoms with Gasteiger partial charge in [-0.25, -0.2) is 8.78 Å². The van der Waals surface area contributed by atoms with Crippen LogP contribution in [0.5, 0.6) is 0 Å². The summed E-state index contributed by atoms with van der Waals surface area (Å²) >= 11 is 0. The van der Waals surface area contributed by atoms with Crippen LogP contribution in [-0.2, 0) is 4.79 Å². The van der Waals surface area contributed by atoms with E-state index in [1.807, 2.05) is 0 Å². The molecule has 2 aromatic rings. The van der Waals surface area contributed by atoms with Gasteiger partial charge in [0.2, 0.25) is 0 Å². The first-order valence-electron chi connectivity index (χ1n) is 10.3. The third-order valence-electron chi connectivity index (χ3n) is 6.13. The van der Waals surface area contributed by atoms with Gasteiger partial charge in [-0.3, -0.25) is 9.59 Å². The van der Waals surface area contributed by atoms with Crippen molar-refractivity contribution in [3.8, 4) is 0 Å². The molecular weight excluding hydrogens is 406 g/mol. The Balaban J connectivity index is 1.21. The first-order chi connectivity index (χ1) is 14.8. The molecule has 0 aromatic heterocycles. The Bertz CT molecular complexity index is 1020. The maximum absolute atomic E-state index is 13.4. The summed E-state index contributed by atoms with van der Waals surface area (Å²) in [5.41, 5.74) is 1.12. The lowest BCUT2D eigenvalue weighted by atomic mass is 10.1. The van der Waals surface area contributed by atoms with Gasteiger partial charge in [0.15, 0.2) is 11.6 Å². The Hall–Kier alpha value is -3.20. The first kappa shape index (κ1) is 19.7. The van der Waals surface area contributed by atoms with Crippen LogP contribution in [0.15, 0.2) is 36.4 Å². The molecule has 3 N–H and O–H groups in total. The summed E-state index contributed by atoms with van der Waals surface area (Å²) in [7, 11) is 0. The van der Waals surface area contributed by atoms with Crippen molar-refractivity contribution in [2.45, 2.75) is 24.6 Å². The second kappa shape index (κ2) is 7.19. The maximum Gasteiger partial charge on any atom is 0.254 e. The molecule has 0 radical (unpaired) electrons. The van der Waals surface area contributed by atoms with Crippen molar-refractivity contribution in [1.29, 1.82) is 0 Å². The molecule has 1 aliphatic carbocycles. The number of benzene rings is 2. The predicted octanol–water partition coefficient (Wildman–Crippen LogP) is 2.31. The number of fused-ring (bicyclic) bond motifs is 1. The lowest BCUT2D eigenvalue weighted by molar-refractivity contribution is -0.143. The van der Waals surface area contributed by atoms with Crippen molar-refractivity contribution in [2.24, 2.45) is 0 Å². The van der Waals surface area contributed by atoms with Gasteiger partial charge in [0, 0.05) is 43.9 Å². The van der Waals surface area contributed by atoms with E-state index in [-0.39, 0.29) is 18.0 Å². The molecule has 7 nitrogen and oxygen atoms in total. The van der Waals surface area contributed by atoms with E-state index in [4.69, 9.17) is 0 Å². The highest BCUT2D eigenvalue weighted by atomic mass is 19.2. The van der Waals surface area contributed by atoms with Crippen molar-refractivity contribution >= 4 is 23.2 Å². The molecule has 3 aliphatic rings. The third kappa shape index (κ3) is 3.59. The van der Waals surface area contributed by atoms with E-state index < -0.39 is 17.2 Å². The summed E-state index contributed by atoms with van der Waals surface area (Å²) < 4.78 is 26.9. The van der Waals surface area contributed by atoms with Crippen molar-refractivity contribution in [3.05, 3.63) is 59.2 Å². The van der Waals surface area contributed by atoms with Crippen LogP contribution in [0.25, 0.3) is 0 Å². The van der Waals surface area contributed by atoms with E-state index >= 15 is 0 Å². The van der Waals surface area contributed by atoms with Crippen LogP contribution >= 0.6 is 0 Å². The zero-order valence-electron chi connectivity index (χ0n) is 16.7. The van der Waals surface area contributed by atoms with Gasteiger partial charge in [-0.2, -0.15) is 0 Å². The second-order valence-corrected chi connectivity index (χ2v) is 8.27. The van der Waals surface area contributed by atoms with Gasteiger partial charge in [-0.1, -0.05) is 12.1 Å². The lowest BCUT2D eigenvalue weighted by Gasteiger charge is -2.35. The van der Waals surface area contributed by atoms with E-state index in [1.54, 1.807) is 34.1 Å². The minimum absolute atomic E-state index is 0.122. The number of rotatable bonds is 3. The number of piperazine rings is 1. The van der Waals surface area contributed by atoms with E-state index in [0.29, 0.717) is 56.0 Å². The molecule has 9 heteroatoms. The summed E-state index contributed by atoms with van der Waals surface area (Å²) in [4.78, 5) is 28.4. The fourth-order valence-electron chi connectivity index (χ4n) is 4.04. The smallest absolute Gasteiger partial charge is 0.254 e. The fraction of sp³-hybridized carbons (Fsp3) is 0.364. The predicted molar refractivity (Wildman–Crippen MR) is 109 cm³/mol. The molecule has 162 valence electrons. The highest BCUT2D eigenvalue weighted by Gasteiger charge is 2.50. The van der Waals surface area contributed by atoms with Gasteiger partial charge in [0.05, 0.1) is 11.4 Å². The Kier molecular flexibility index (Phi) is 4.58. The molecule has 2 amide bonds. The van der Waals surface area contributed by atoms with Gasteiger partial charge in [0.1, 0.15) is 11.8 Å². The average Bonchev–Trinajstić information content (AvgIpc) is 3.41. The number of carbonyl (C=O) groups is 2. The summed E-state index contributed by atoms with van der Waals surface area (Å²) in [6.45, 7) is 1.65. The van der Waals surface area contributed by atoms with Gasteiger partial charge >= 0.3 is 0 Å². The molecule has 0 atom stereocenters. The van der Waals surface area contributed by atoms with Gasteiger partial charge < -0.3 is 25.5 Å². The van der Waals surface area contributed by atoms with Crippen molar-refractivity contribution < 1.29 is 23.5 Å². The molecule has 2 fully saturated rings. The van der Waals surface area contributed by atoms with Crippen LogP contribution in [0.1, 0.15) is 34.9 Å². The number of hydrogen-bond donors (Lipinski definition) is 3. The number of nitrogens with zero attached hydrogens (tertiary/aromatic N) is 2. The lowest BCUT2D eigenvalue weighted by Crippen LogP contribution is -2.53.